The molecule has 1 amide bonds. The van der Waals surface area contributed by atoms with Gasteiger partial charge in [-0.15, -0.1) is 11.3 Å². The van der Waals surface area contributed by atoms with Crippen molar-refractivity contribution in [2.24, 2.45) is 11.0 Å². The zero-order chi connectivity index (χ0) is 18.5. The predicted molar refractivity (Wildman–Crippen MR) is 104 cm³/mol. The normalized spacial score (nSPS) is 16.5. The number of nitrogens with zero attached hydrogens (tertiary/aromatic N) is 1. The summed E-state index contributed by atoms with van der Waals surface area (Å²) in [6.07, 6.45) is 5.62. The highest BCUT2D eigenvalue weighted by Gasteiger charge is 2.20. The summed E-state index contributed by atoms with van der Waals surface area (Å²) in [5, 5.41) is 14.0. The van der Waals surface area contributed by atoms with Crippen LogP contribution in [0.15, 0.2) is 29.4 Å². The first-order valence-corrected chi connectivity index (χ1v) is 9.79. The number of aryl methyl sites for hydroxylation is 1. The van der Waals surface area contributed by atoms with Crippen LogP contribution >= 0.6 is 11.3 Å². The molecule has 138 valence electrons. The molecule has 0 saturated carbocycles. The van der Waals surface area contributed by atoms with Gasteiger partial charge < -0.3 is 9.84 Å². The van der Waals surface area contributed by atoms with Gasteiger partial charge in [0, 0.05) is 16.5 Å². The zero-order valence-electron chi connectivity index (χ0n) is 15.1. The van der Waals surface area contributed by atoms with Crippen molar-refractivity contribution in [1.29, 1.82) is 0 Å². The Labute approximate surface area is 157 Å². The van der Waals surface area contributed by atoms with Gasteiger partial charge in [-0.1, -0.05) is 13.8 Å². The summed E-state index contributed by atoms with van der Waals surface area (Å²) >= 11 is 1.55. The molecular formula is C20H24N2O3S. The number of nitrogens with one attached hydrogen (secondary N) is 1. The van der Waals surface area contributed by atoms with Crippen LogP contribution in [0.5, 0.6) is 11.5 Å². The summed E-state index contributed by atoms with van der Waals surface area (Å²) in [6, 6.07) is 7.01. The molecule has 0 aliphatic heterocycles. The molecule has 2 aromatic rings. The number of phenols is 1. The molecule has 0 spiro atoms. The number of rotatable bonds is 6. The summed E-state index contributed by atoms with van der Waals surface area (Å²) in [6.45, 7) is 4.87. The molecule has 1 aliphatic rings. The largest absolute Gasteiger partial charge is 0.507 e. The lowest BCUT2D eigenvalue weighted by Gasteiger charge is -2.16. The number of hydrogen-bond acceptors (Lipinski definition) is 5. The van der Waals surface area contributed by atoms with Crippen molar-refractivity contribution in [3.63, 3.8) is 0 Å². The Morgan fingerprint density at radius 3 is 3.08 bits per heavy atom. The van der Waals surface area contributed by atoms with Crippen LogP contribution in [0.3, 0.4) is 0 Å². The van der Waals surface area contributed by atoms with E-state index in [4.69, 9.17) is 4.74 Å². The molecule has 1 aliphatic carbocycles. The lowest BCUT2D eigenvalue weighted by molar-refractivity contribution is 0.0959. The van der Waals surface area contributed by atoms with Crippen molar-refractivity contribution in [3.05, 3.63) is 45.1 Å². The third-order valence-electron chi connectivity index (χ3n) is 4.40. The number of carbonyl (C=O) groups is 1. The lowest BCUT2D eigenvalue weighted by atomic mass is 9.90. The van der Waals surface area contributed by atoms with Gasteiger partial charge in [-0.25, -0.2) is 5.43 Å². The van der Waals surface area contributed by atoms with Gasteiger partial charge in [0.05, 0.1) is 17.7 Å². The van der Waals surface area contributed by atoms with Crippen LogP contribution in [0.1, 0.15) is 52.4 Å². The molecule has 3 rings (SSSR count). The lowest BCUT2D eigenvalue weighted by Crippen LogP contribution is -2.16. The maximum Gasteiger partial charge on any atom is 0.281 e. The Hall–Kier alpha value is -2.34. The fraction of sp³-hybridized carbons (Fsp3) is 0.400. The number of fused-ring (bicyclic) bond motifs is 1. The molecule has 0 unspecified atom stereocenters. The molecule has 1 heterocycles. The second-order valence-corrected chi connectivity index (χ2v) is 7.81. The van der Waals surface area contributed by atoms with Crippen molar-refractivity contribution >= 4 is 23.5 Å². The summed E-state index contributed by atoms with van der Waals surface area (Å²) < 4.78 is 5.47. The van der Waals surface area contributed by atoms with E-state index in [1.54, 1.807) is 29.5 Å². The zero-order valence-corrected chi connectivity index (χ0v) is 15.9. The molecule has 1 aromatic carbocycles. The predicted octanol–water partition coefficient (Wildman–Crippen LogP) is 4.13. The van der Waals surface area contributed by atoms with E-state index >= 15 is 0 Å². The van der Waals surface area contributed by atoms with Crippen molar-refractivity contribution in [2.45, 2.75) is 39.5 Å². The Morgan fingerprint density at radius 1 is 1.46 bits per heavy atom. The third-order valence-corrected chi connectivity index (χ3v) is 5.63. The van der Waals surface area contributed by atoms with Gasteiger partial charge in [-0.3, -0.25) is 4.79 Å². The minimum Gasteiger partial charge on any atom is -0.507 e. The van der Waals surface area contributed by atoms with Crippen LogP contribution in [-0.2, 0) is 12.8 Å². The van der Waals surface area contributed by atoms with Gasteiger partial charge in [0.15, 0.2) is 0 Å². The van der Waals surface area contributed by atoms with Gasteiger partial charge in [-0.05, 0) is 55.4 Å². The van der Waals surface area contributed by atoms with Crippen LogP contribution in [0.4, 0.5) is 0 Å². The number of hydrogen-bond donors (Lipinski definition) is 2. The highest BCUT2D eigenvalue weighted by Crippen LogP contribution is 2.32. The van der Waals surface area contributed by atoms with Gasteiger partial charge in [0.25, 0.3) is 5.91 Å². The number of hydrazone groups is 1. The molecule has 6 heteroatoms. The average molecular weight is 372 g/mol. The van der Waals surface area contributed by atoms with Gasteiger partial charge in [0.2, 0.25) is 0 Å². The molecule has 0 radical (unpaired) electrons. The van der Waals surface area contributed by atoms with Gasteiger partial charge in [-0.2, -0.15) is 5.10 Å². The van der Waals surface area contributed by atoms with Crippen molar-refractivity contribution in [2.75, 3.05) is 6.61 Å². The summed E-state index contributed by atoms with van der Waals surface area (Å²) in [4.78, 5) is 14.3. The third kappa shape index (κ3) is 4.43. The molecule has 26 heavy (non-hydrogen) atoms. The minimum atomic E-state index is -0.212. The first-order chi connectivity index (χ1) is 12.6. The Balaban J connectivity index is 1.61. The molecule has 0 bridgehead atoms. The number of carbonyl (C=O) groups excluding carboxylic acids is 1. The Morgan fingerprint density at radius 2 is 2.31 bits per heavy atom. The highest BCUT2D eigenvalue weighted by atomic mass is 32.1. The second kappa shape index (κ2) is 8.36. The topological polar surface area (TPSA) is 70.9 Å². The van der Waals surface area contributed by atoms with E-state index in [1.165, 1.54) is 23.1 Å². The van der Waals surface area contributed by atoms with Crippen LogP contribution in [0.2, 0.25) is 0 Å². The number of benzene rings is 1. The number of aromatic hydroxyl groups is 1. The number of phenolic OH excluding ortho intramolecular Hbond substituents is 1. The number of thiophene rings is 1. The first kappa shape index (κ1) is 18.5. The van der Waals surface area contributed by atoms with E-state index in [-0.39, 0.29) is 11.7 Å². The average Bonchev–Trinajstić information content (AvgIpc) is 3.04. The van der Waals surface area contributed by atoms with E-state index in [9.17, 15) is 9.90 Å². The van der Waals surface area contributed by atoms with E-state index in [1.807, 2.05) is 13.0 Å². The highest BCUT2D eigenvalue weighted by molar-refractivity contribution is 7.14. The number of amides is 1. The Bertz CT molecular complexity index is 813. The quantitative estimate of drug-likeness (QED) is 0.592. The van der Waals surface area contributed by atoms with Crippen LogP contribution in [0.25, 0.3) is 0 Å². The standard InChI is InChI=1S/C20H24N2O3S/c1-3-8-25-16-6-5-14(17(23)11-16)12-21-22-20(24)19-10-15-9-13(2)4-7-18(15)26-19/h5-6,10-13,23H,3-4,7-9H2,1-2H3,(H,22,24)/b21-12+/t13-/m1/s1. The molecule has 1 atom stereocenters. The van der Waals surface area contributed by atoms with Crippen LogP contribution < -0.4 is 10.2 Å². The first-order valence-electron chi connectivity index (χ1n) is 8.97. The van der Waals surface area contributed by atoms with Gasteiger partial charge in [0.1, 0.15) is 11.5 Å². The van der Waals surface area contributed by atoms with Crippen molar-refractivity contribution in [3.8, 4) is 11.5 Å². The second-order valence-electron chi connectivity index (χ2n) is 6.68. The van der Waals surface area contributed by atoms with Crippen LogP contribution in [0, 0.1) is 5.92 Å². The van der Waals surface area contributed by atoms with Crippen molar-refractivity contribution in [1.82, 2.24) is 5.43 Å². The fourth-order valence-corrected chi connectivity index (χ4v) is 4.07. The molecule has 1 aromatic heterocycles. The van der Waals surface area contributed by atoms with E-state index < -0.39 is 0 Å². The van der Waals surface area contributed by atoms with E-state index in [0.717, 1.165) is 19.3 Å². The number of ether oxygens (including phenoxy) is 1. The molecular weight excluding hydrogens is 348 g/mol. The minimum absolute atomic E-state index is 0.0668. The molecule has 2 N–H and O–H groups in total. The van der Waals surface area contributed by atoms with Gasteiger partial charge >= 0.3 is 0 Å². The molecule has 0 saturated heterocycles. The molecule has 5 nitrogen and oxygen atoms in total. The SMILES string of the molecule is CCCOc1ccc(/C=N/NC(=O)c2cc3c(s2)CC[C@@H](C)C3)c(O)c1. The maximum absolute atomic E-state index is 12.3. The van der Waals surface area contributed by atoms with Crippen molar-refractivity contribution < 1.29 is 14.6 Å². The summed E-state index contributed by atoms with van der Waals surface area (Å²) in [5.74, 6) is 1.15. The van der Waals surface area contributed by atoms with Crippen LogP contribution in [-0.4, -0.2) is 23.8 Å². The van der Waals surface area contributed by atoms with E-state index in [2.05, 4.69) is 17.5 Å². The monoisotopic (exact) mass is 372 g/mol. The smallest absolute Gasteiger partial charge is 0.281 e. The fourth-order valence-electron chi connectivity index (χ4n) is 2.98. The Kier molecular flexibility index (Phi) is 5.93. The molecule has 0 fully saturated rings. The van der Waals surface area contributed by atoms with E-state index in [0.29, 0.717) is 28.7 Å². The summed E-state index contributed by atoms with van der Waals surface area (Å²) in [5.41, 5.74) is 4.36. The maximum atomic E-state index is 12.3. The summed E-state index contributed by atoms with van der Waals surface area (Å²) in [7, 11) is 0.